The van der Waals surface area contributed by atoms with Gasteiger partial charge in [-0.2, -0.15) is 0 Å². The lowest BCUT2D eigenvalue weighted by molar-refractivity contribution is -0.00552. The molecule has 0 atom stereocenters. The van der Waals surface area contributed by atoms with Crippen molar-refractivity contribution in [2.24, 2.45) is 0 Å². The fourth-order valence-corrected chi connectivity index (χ4v) is 2.37. The van der Waals surface area contributed by atoms with E-state index in [1.807, 2.05) is 6.92 Å². The lowest BCUT2D eigenvalue weighted by Crippen LogP contribution is -2.41. The Morgan fingerprint density at radius 3 is 2.85 bits per heavy atom. The minimum absolute atomic E-state index is 0.0325. The van der Waals surface area contributed by atoms with Crippen LogP contribution in [0.2, 0.25) is 0 Å². The first kappa shape index (κ1) is 14.7. The molecule has 0 aliphatic carbocycles. The van der Waals surface area contributed by atoms with Gasteiger partial charge in [-0.25, -0.2) is 0 Å². The molecule has 1 aliphatic heterocycles. The number of aliphatic hydroxyl groups is 1. The first-order valence-corrected chi connectivity index (χ1v) is 6.85. The van der Waals surface area contributed by atoms with Crippen LogP contribution in [-0.2, 0) is 4.74 Å². The second kappa shape index (κ2) is 6.67. The number of nitrogens with two attached hydrogens (primary N) is 1. The summed E-state index contributed by atoms with van der Waals surface area (Å²) in [6.45, 7) is 3.51. The fourth-order valence-electron chi connectivity index (χ4n) is 2.37. The number of likely N-dealkylation sites (tertiary alicyclic amines) is 1. The van der Waals surface area contributed by atoms with Crippen molar-refractivity contribution in [3.8, 4) is 0 Å². The smallest absolute Gasteiger partial charge is 0.257 e. The zero-order chi connectivity index (χ0) is 14.5. The van der Waals surface area contributed by atoms with E-state index in [0.717, 1.165) is 18.5 Å². The number of hydrogen-bond acceptors (Lipinski definition) is 5. The molecule has 0 radical (unpaired) electrons. The topological polar surface area (TPSA) is 88.7 Å². The quantitative estimate of drug-likeness (QED) is 0.842. The number of hydrogen-bond donors (Lipinski definition) is 2. The molecule has 0 bridgehead atoms. The number of aromatic nitrogens is 1. The maximum absolute atomic E-state index is 12.4. The Hall–Kier alpha value is -1.66. The number of aliphatic hydroxyl groups excluding tert-OH is 1. The van der Waals surface area contributed by atoms with E-state index >= 15 is 0 Å². The molecule has 6 nitrogen and oxygen atoms in total. The number of amides is 1. The zero-order valence-electron chi connectivity index (χ0n) is 11.7. The maximum atomic E-state index is 12.4. The number of ether oxygens (including phenoxy) is 1. The van der Waals surface area contributed by atoms with E-state index in [-0.39, 0.29) is 18.6 Å². The zero-order valence-corrected chi connectivity index (χ0v) is 11.7. The number of nitrogens with zero attached hydrogens (tertiary/aromatic N) is 2. The molecule has 0 spiro atoms. The molecule has 0 saturated carbocycles. The van der Waals surface area contributed by atoms with E-state index < -0.39 is 0 Å². The van der Waals surface area contributed by atoms with Gasteiger partial charge in [0.1, 0.15) is 0 Å². The summed E-state index contributed by atoms with van der Waals surface area (Å²) in [5, 5.41) is 8.73. The number of pyridine rings is 1. The van der Waals surface area contributed by atoms with Crippen molar-refractivity contribution in [3.63, 3.8) is 0 Å². The Kier molecular flexibility index (Phi) is 4.92. The summed E-state index contributed by atoms with van der Waals surface area (Å²) in [4.78, 5) is 18.3. The Morgan fingerprint density at radius 1 is 1.55 bits per heavy atom. The van der Waals surface area contributed by atoms with Crippen LogP contribution in [-0.4, -0.2) is 53.3 Å². The molecule has 3 N–H and O–H groups in total. The molecule has 0 aromatic carbocycles. The molecule has 1 aliphatic rings. The highest BCUT2D eigenvalue weighted by atomic mass is 16.5. The van der Waals surface area contributed by atoms with Crippen LogP contribution in [0.1, 0.15) is 28.9 Å². The summed E-state index contributed by atoms with van der Waals surface area (Å²) < 4.78 is 5.48. The van der Waals surface area contributed by atoms with Crippen LogP contribution in [0.3, 0.4) is 0 Å². The summed E-state index contributed by atoms with van der Waals surface area (Å²) in [5.41, 5.74) is 7.62. The largest absolute Gasteiger partial charge is 0.398 e. The molecule has 1 aromatic heterocycles. The molecule has 6 heteroatoms. The van der Waals surface area contributed by atoms with Crippen molar-refractivity contribution in [1.82, 2.24) is 9.88 Å². The number of carbonyl (C=O) groups excluding carboxylic acids is 1. The third kappa shape index (κ3) is 3.46. The standard InChI is InChI=1S/C14H21N3O3/c1-10-8-13(15)12(9-16-10)14(19)17-4-2-11(3-5-17)20-7-6-18/h8-9,11,18H,2-7H2,1H3,(H2,15,16). The lowest BCUT2D eigenvalue weighted by atomic mass is 10.1. The van der Waals surface area contributed by atoms with Crippen LogP contribution < -0.4 is 5.73 Å². The number of carbonyl (C=O) groups is 1. The third-order valence-corrected chi connectivity index (χ3v) is 3.48. The van der Waals surface area contributed by atoms with Gasteiger partial charge in [-0.15, -0.1) is 0 Å². The number of anilines is 1. The summed E-state index contributed by atoms with van der Waals surface area (Å²) in [6, 6.07) is 1.71. The van der Waals surface area contributed by atoms with E-state index in [2.05, 4.69) is 4.98 Å². The molecule has 2 rings (SSSR count). The van der Waals surface area contributed by atoms with Gasteiger partial charge in [0.25, 0.3) is 5.91 Å². The van der Waals surface area contributed by atoms with Gasteiger partial charge >= 0.3 is 0 Å². The fraction of sp³-hybridized carbons (Fsp3) is 0.571. The molecule has 1 fully saturated rings. The van der Waals surface area contributed by atoms with Crippen LogP contribution in [0, 0.1) is 6.92 Å². The van der Waals surface area contributed by atoms with Crippen LogP contribution >= 0.6 is 0 Å². The van der Waals surface area contributed by atoms with Gasteiger partial charge in [0, 0.05) is 30.7 Å². The van der Waals surface area contributed by atoms with Gasteiger partial charge in [-0.1, -0.05) is 0 Å². The minimum Gasteiger partial charge on any atom is -0.398 e. The second-order valence-corrected chi connectivity index (χ2v) is 5.00. The van der Waals surface area contributed by atoms with Crippen molar-refractivity contribution in [2.45, 2.75) is 25.9 Å². The first-order valence-electron chi connectivity index (χ1n) is 6.85. The Balaban J connectivity index is 1.94. The van der Waals surface area contributed by atoms with E-state index in [0.29, 0.717) is 30.9 Å². The van der Waals surface area contributed by atoms with Crippen molar-refractivity contribution < 1.29 is 14.6 Å². The average molecular weight is 279 g/mol. The van der Waals surface area contributed by atoms with Crippen LogP contribution in [0.4, 0.5) is 5.69 Å². The van der Waals surface area contributed by atoms with E-state index in [1.165, 1.54) is 0 Å². The molecule has 2 heterocycles. The summed E-state index contributed by atoms with van der Waals surface area (Å²) in [5.74, 6) is -0.0735. The van der Waals surface area contributed by atoms with Crippen LogP contribution in [0.5, 0.6) is 0 Å². The predicted molar refractivity (Wildman–Crippen MR) is 75.3 cm³/mol. The minimum atomic E-state index is -0.0735. The lowest BCUT2D eigenvalue weighted by Gasteiger charge is -2.32. The molecular formula is C14H21N3O3. The normalized spacial score (nSPS) is 16.4. The molecule has 0 unspecified atom stereocenters. The number of nitrogen functional groups attached to an aromatic ring is 1. The molecule has 1 amide bonds. The summed E-state index contributed by atoms with van der Waals surface area (Å²) in [6.07, 6.45) is 3.23. The Morgan fingerprint density at radius 2 is 2.25 bits per heavy atom. The van der Waals surface area contributed by atoms with E-state index in [9.17, 15) is 4.79 Å². The van der Waals surface area contributed by atoms with Gasteiger partial charge in [0.15, 0.2) is 0 Å². The monoisotopic (exact) mass is 279 g/mol. The van der Waals surface area contributed by atoms with E-state index in [1.54, 1.807) is 17.2 Å². The highest BCUT2D eigenvalue weighted by Crippen LogP contribution is 2.19. The highest BCUT2D eigenvalue weighted by molar-refractivity contribution is 5.98. The van der Waals surface area contributed by atoms with E-state index in [4.69, 9.17) is 15.6 Å². The van der Waals surface area contributed by atoms with Gasteiger partial charge < -0.3 is 20.5 Å². The van der Waals surface area contributed by atoms with Crippen molar-refractivity contribution in [1.29, 1.82) is 0 Å². The summed E-state index contributed by atoms with van der Waals surface area (Å²) >= 11 is 0. The highest BCUT2D eigenvalue weighted by Gasteiger charge is 2.25. The Labute approximate surface area is 118 Å². The number of piperidine rings is 1. The molecule has 1 saturated heterocycles. The number of aryl methyl sites for hydroxylation is 1. The van der Waals surface area contributed by atoms with Crippen LogP contribution in [0.25, 0.3) is 0 Å². The number of rotatable bonds is 4. The van der Waals surface area contributed by atoms with Crippen molar-refractivity contribution >= 4 is 11.6 Å². The summed E-state index contributed by atoms with van der Waals surface area (Å²) in [7, 11) is 0. The Bertz CT molecular complexity index is 471. The maximum Gasteiger partial charge on any atom is 0.257 e. The van der Waals surface area contributed by atoms with Gasteiger partial charge in [0.2, 0.25) is 0 Å². The SMILES string of the molecule is Cc1cc(N)c(C(=O)N2CCC(OCCO)CC2)cn1. The molecule has 20 heavy (non-hydrogen) atoms. The predicted octanol–water partition coefficient (Wildman–Crippen LogP) is 0.586. The molecular weight excluding hydrogens is 258 g/mol. The average Bonchev–Trinajstić information content (AvgIpc) is 2.45. The van der Waals surface area contributed by atoms with Crippen molar-refractivity contribution in [3.05, 3.63) is 23.5 Å². The van der Waals surface area contributed by atoms with Crippen molar-refractivity contribution in [2.75, 3.05) is 32.0 Å². The third-order valence-electron chi connectivity index (χ3n) is 3.48. The first-order chi connectivity index (χ1) is 9.61. The van der Waals surface area contributed by atoms with Gasteiger partial charge in [-0.3, -0.25) is 9.78 Å². The second-order valence-electron chi connectivity index (χ2n) is 5.00. The van der Waals surface area contributed by atoms with Crippen LogP contribution in [0.15, 0.2) is 12.3 Å². The molecule has 1 aromatic rings. The van der Waals surface area contributed by atoms with Gasteiger partial charge in [0.05, 0.1) is 24.9 Å². The van der Waals surface area contributed by atoms with Gasteiger partial charge in [-0.05, 0) is 25.8 Å². The molecule has 110 valence electrons.